The van der Waals surface area contributed by atoms with Crippen molar-refractivity contribution < 1.29 is 23.8 Å². The summed E-state index contributed by atoms with van der Waals surface area (Å²) in [5.74, 6) is 0.720. The molecule has 30 heavy (non-hydrogen) atoms. The van der Waals surface area contributed by atoms with Crippen molar-refractivity contribution in [3.63, 3.8) is 0 Å². The molecule has 0 atom stereocenters. The second kappa shape index (κ2) is 9.89. The molecular formula is C24H19BrO5. The summed E-state index contributed by atoms with van der Waals surface area (Å²) in [5.41, 5.74) is 1.55. The van der Waals surface area contributed by atoms with Crippen molar-refractivity contribution in [2.45, 2.75) is 0 Å². The maximum absolute atomic E-state index is 12.6. The van der Waals surface area contributed by atoms with Gasteiger partial charge < -0.3 is 14.2 Å². The molecule has 0 aromatic heterocycles. The van der Waals surface area contributed by atoms with Gasteiger partial charge in [0.25, 0.3) is 0 Å². The highest BCUT2D eigenvalue weighted by Gasteiger charge is 2.12. The zero-order valence-electron chi connectivity index (χ0n) is 16.4. The van der Waals surface area contributed by atoms with Crippen LogP contribution in [0.2, 0.25) is 0 Å². The Labute approximate surface area is 183 Å². The van der Waals surface area contributed by atoms with E-state index in [0.29, 0.717) is 33.9 Å². The molecule has 0 saturated carbocycles. The van der Waals surface area contributed by atoms with Crippen LogP contribution in [0.4, 0.5) is 0 Å². The second-order valence-corrected chi connectivity index (χ2v) is 7.15. The number of rotatable bonds is 7. The van der Waals surface area contributed by atoms with E-state index in [4.69, 9.17) is 14.2 Å². The molecule has 0 spiro atoms. The lowest BCUT2D eigenvalue weighted by Crippen LogP contribution is -2.08. The Kier molecular flexibility index (Phi) is 7.03. The van der Waals surface area contributed by atoms with Crippen molar-refractivity contribution in [2.24, 2.45) is 0 Å². The van der Waals surface area contributed by atoms with Crippen molar-refractivity contribution in [3.05, 3.63) is 94.0 Å². The van der Waals surface area contributed by atoms with Gasteiger partial charge in [-0.1, -0.05) is 34.1 Å². The van der Waals surface area contributed by atoms with Gasteiger partial charge in [-0.15, -0.1) is 0 Å². The molecule has 6 heteroatoms. The number of benzene rings is 3. The monoisotopic (exact) mass is 466 g/mol. The smallest absolute Gasteiger partial charge is 0.343 e. The van der Waals surface area contributed by atoms with E-state index in [1.807, 2.05) is 6.07 Å². The lowest BCUT2D eigenvalue weighted by molar-refractivity contribution is 0.0734. The van der Waals surface area contributed by atoms with Crippen molar-refractivity contribution >= 4 is 33.8 Å². The molecule has 152 valence electrons. The highest BCUT2D eigenvalue weighted by Crippen LogP contribution is 2.25. The summed E-state index contributed by atoms with van der Waals surface area (Å²) in [6, 6.07) is 18.9. The lowest BCUT2D eigenvalue weighted by Gasteiger charge is -2.08. The summed E-state index contributed by atoms with van der Waals surface area (Å²) in [7, 11) is 3.04. The Morgan fingerprint density at radius 3 is 2.33 bits per heavy atom. The molecule has 0 saturated heterocycles. The molecule has 0 aliphatic carbocycles. The molecule has 3 aromatic carbocycles. The molecule has 0 amide bonds. The minimum absolute atomic E-state index is 0.233. The molecule has 3 aromatic rings. The van der Waals surface area contributed by atoms with Crippen LogP contribution in [-0.4, -0.2) is 26.0 Å². The molecule has 0 N–H and O–H groups in total. The standard InChI is InChI=1S/C24H19BrO5/c1-28-19-11-13-23(29-2)21(15-19)22(26)12-6-16-4-3-5-20(14-16)30-24(27)17-7-9-18(25)10-8-17/h3-15H,1-2H3. The summed E-state index contributed by atoms with van der Waals surface area (Å²) in [6.45, 7) is 0. The summed E-state index contributed by atoms with van der Waals surface area (Å²) < 4.78 is 16.7. The number of allylic oxidation sites excluding steroid dienone is 1. The lowest BCUT2D eigenvalue weighted by atomic mass is 10.1. The average Bonchev–Trinajstić information content (AvgIpc) is 2.77. The van der Waals surface area contributed by atoms with E-state index in [9.17, 15) is 9.59 Å². The molecule has 5 nitrogen and oxygen atoms in total. The van der Waals surface area contributed by atoms with Gasteiger partial charge in [0.1, 0.15) is 17.2 Å². The minimum Gasteiger partial charge on any atom is -0.497 e. The Morgan fingerprint density at radius 2 is 1.63 bits per heavy atom. The summed E-state index contributed by atoms with van der Waals surface area (Å²) in [6.07, 6.45) is 3.09. The number of esters is 1. The molecule has 3 rings (SSSR count). The first-order valence-electron chi connectivity index (χ1n) is 9.02. The van der Waals surface area contributed by atoms with Crippen LogP contribution in [0.15, 0.2) is 77.3 Å². The topological polar surface area (TPSA) is 61.8 Å². The fourth-order valence-electron chi connectivity index (χ4n) is 2.70. The minimum atomic E-state index is -0.458. The number of methoxy groups -OCH3 is 2. The third kappa shape index (κ3) is 5.36. The van der Waals surface area contributed by atoms with E-state index < -0.39 is 5.97 Å². The van der Waals surface area contributed by atoms with Crippen LogP contribution in [0.3, 0.4) is 0 Å². The maximum Gasteiger partial charge on any atom is 0.343 e. The average molecular weight is 467 g/mol. The first-order chi connectivity index (χ1) is 14.5. The van der Waals surface area contributed by atoms with Crippen LogP contribution in [0.25, 0.3) is 6.08 Å². The molecular weight excluding hydrogens is 448 g/mol. The highest BCUT2D eigenvalue weighted by molar-refractivity contribution is 9.10. The van der Waals surface area contributed by atoms with Gasteiger partial charge in [-0.2, -0.15) is 0 Å². The zero-order chi connectivity index (χ0) is 21.5. The van der Waals surface area contributed by atoms with Crippen molar-refractivity contribution in [2.75, 3.05) is 14.2 Å². The zero-order valence-corrected chi connectivity index (χ0v) is 18.0. The Balaban J connectivity index is 1.75. The fraction of sp³-hybridized carbons (Fsp3) is 0.0833. The van der Waals surface area contributed by atoms with Crippen LogP contribution in [-0.2, 0) is 0 Å². The summed E-state index contributed by atoms with van der Waals surface area (Å²) >= 11 is 3.33. The van der Waals surface area contributed by atoms with E-state index in [-0.39, 0.29) is 5.78 Å². The summed E-state index contributed by atoms with van der Waals surface area (Å²) in [4.78, 5) is 24.9. The van der Waals surface area contributed by atoms with Gasteiger partial charge in [-0.25, -0.2) is 4.79 Å². The van der Waals surface area contributed by atoms with Crippen LogP contribution < -0.4 is 14.2 Å². The van der Waals surface area contributed by atoms with Gasteiger partial charge >= 0.3 is 5.97 Å². The van der Waals surface area contributed by atoms with Gasteiger partial charge in [0.05, 0.1) is 25.3 Å². The molecule has 0 aliphatic rings. The number of carbonyl (C=O) groups is 2. The Morgan fingerprint density at radius 1 is 0.867 bits per heavy atom. The van der Waals surface area contributed by atoms with Gasteiger partial charge in [-0.3, -0.25) is 4.79 Å². The predicted octanol–water partition coefficient (Wildman–Crippen LogP) is 5.58. The second-order valence-electron chi connectivity index (χ2n) is 6.23. The van der Waals surface area contributed by atoms with Crippen LogP contribution >= 0.6 is 15.9 Å². The highest BCUT2D eigenvalue weighted by atomic mass is 79.9. The third-order valence-corrected chi connectivity index (χ3v) is 4.78. The van der Waals surface area contributed by atoms with Gasteiger partial charge in [0, 0.05) is 4.47 Å². The summed E-state index contributed by atoms with van der Waals surface area (Å²) in [5, 5.41) is 0. The number of hydrogen-bond donors (Lipinski definition) is 0. The van der Waals surface area contributed by atoms with Gasteiger partial charge in [0.2, 0.25) is 0 Å². The van der Waals surface area contributed by atoms with Crippen LogP contribution in [0.1, 0.15) is 26.3 Å². The first-order valence-corrected chi connectivity index (χ1v) is 9.81. The van der Waals surface area contributed by atoms with Crippen molar-refractivity contribution in [3.8, 4) is 17.2 Å². The largest absolute Gasteiger partial charge is 0.497 e. The normalized spacial score (nSPS) is 10.6. The fourth-order valence-corrected chi connectivity index (χ4v) is 2.97. The van der Waals surface area contributed by atoms with Crippen LogP contribution in [0.5, 0.6) is 17.2 Å². The van der Waals surface area contributed by atoms with E-state index in [1.54, 1.807) is 66.7 Å². The molecule has 0 heterocycles. The predicted molar refractivity (Wildman–Crippen MR) is 118 cm³/mol. The van der Waals surface area contributed by atoms with E-state index >= 15 is 0 Å². The number of ether oxygens (including phenoxy) is 3. The molecule has 0 radical (unpaired) electrons. The van der Waals surface area contributed by atoms with E-state index in [1.165, 1.54) is 20.3 Å². The number of halogens is 1. The quantitative estimate of drug-likeness (QED) is 0.197. The van der Waals surface area contributed by atoms with Crippen molar-refractivity contribution in [1.29, 1.82) is 0 Å². The maximum atomic E-state index is 12.6. The molecule has 0 bridgehead atoms. The van der Waals surface area contributed by atoms with Crippen LogP contribution in [0, 0.1) is 0 Å². The third-order valence-electron chi connectivity index (χ3n) is 4.25. The number of carbonyl (C=O) groups excluding carboxylic acids is 2. The number of ketones is 1. The molecule has 0 unspecified atom stereocenters. The van der Waals surface area contributed by atoms with Gasteiger partial charge in [0.15, 0.2) is 5.78 Å². The van der Waals surface area contributed by atoms with E-state index in [2.05, 4.69) is 15.9 Å². The number of hydrogen-bond acceptors (Lipinski definition) is 5. The van der Waals surface area contributed by atoms with Gasteiger partial charge in [-0.05, 0) is 66.2 Å². The molecule has 0 fully saturated rings. The van der Waals surface area contributed by atoms with Crippen molar-refractivity contribution in [1.82, 2.24) is 0 Å². The van der Waals surface area contributed by atoms with E-state index in [0.717, 1.165) is 4.47 Å². The first kappa shape index (κ1) is 21.3. The molecule has 0 aliphatic heterocycles. The Bertz CT molecular complexity index is 1090. The Hall–Kier alpha value is -3.38. The SMILES string of the molecule is COc1ccc(OC)c(C(=O)C=Cc2cccc(OC(=O)c3ccc(Br)cc3)c2)c1.